The van der Waals surface area contributed by atoms with Crippen LogP contribution in [-0.4, -0.2) is 64.9 Å². The number of methoxy groups -OCH3 is 2. The first-order chi connectivity index (χ1) is 18.3. The van der Waals surface area contributed by atoms with Crippen LogP contribution in [0.15, 0.2) is 46.0 Å². The van der Waals surface area contributed by atoms with Crippen molar-refractivity contribution < 1.29 is 24.2 Å². The molecule has 2 heterocycles. The minimum absolute atomic E-state index is 0.00408. The normalized spacial score (nSPS) is 15.4. The summed E-state index contributed by atoms with van der Waals surface area (Å²) in [5, 5.41) is 12.4. The van der Waals surface area contributed by atoms with Gasteiger partial charge in [0.1, 0.15) is 6.61 Å². The number of rotatable bonds is 8. The lowest BCUT2D eigenvalue weighted by atomic mass is 10.0. The summed E-state index contributed by atoms with van der Waals surface area (Å²) in [6.07, 6.45) is 1.28. The van der Waals surface area contributed by atoms with Gasteiger partial charge in [-0.3, -0.25) is 23.5 Å². The van der Waals surface area contributed by atoms with E-state index in [-0.39, 0.29) is 31.6 Å². The number of likely N-dealkylation sites (tertiary alicyclic amines) is 1. The highest BCUT2D eigenvalue weighted by Crippen LogP contribution is 2.28. The number of fused-ring (bicyclic) bond motifs is 1. The Kier molecular flexibility index (Phi) is 8.16. The Bertz CT molecular complexity index is 1480. The largest absolute Gasteiger partial charge is 0.493 e. The molecule has 202 valence electrons. The molecule has 1 saturated heterocycles. The Morgan fingerprint density at radius 1 is 1.05 bits per heavy atom. The summed E-state index contributed by atoms with van der Waals surface area (Å²) in [6.45, 7) is 1.79. The first-order valence-electron chi connectivity index (χ1n) is 12.4. The minimum atomic E-state index is -0.603. The van der Waals surface area contributed by atoms with Crippen LogP contribution >= 0.6 is 0 Å². The average Bonchev–Trinajstić information content (AvgIpc) is 2.93. The third-order valence-corrected chi connectivity index (χ3v) is 6.81. The van der Waals surface area contributed by atoms with Gasteiger partial charge < -0.3 is 24.8 Å². The predicted molar refractivity (Wildman–Crippen MR) is 141 cm³/mol. The first-order valence-corrected chi connectivity index (χ1v) is 12.4. The molecule has 3 aromatic rings. The highest BCUT2D eigenvalue weighted by molar-refractivity contribution is 5.80. The number of nitrogens with one attached hydrogen (secondary N) is 1. The van der Waals surface area contributed by atoms with Crippen LogP contribution < -0.4 is 26.0 Å². The number of ether oxygens (including phenoxy) is 2. The van der Waals surface area contributed by atoms with Crippen molar-refractivity contribution in [2.45, 2.75) is 38.9 Å². The molecule has 38 heavy (non-hydrogen) atoms. The molecule has 11 heteroatoms. The van der Waals surface area contributed by atoms with Gasteiger partial charge in [-0.2, -0.15) is 0 Å². The number of amides is 2. The quantitative estimate of drug-likeness (QED) is 0.450. The van der Waals surface area contributed by atoms with Gasteiger partial charge in [0.2, 0.25) is 11.8 Å². The summed E-state index contributed by atoms with van der Waals surface area (Å²) in [4.78, 5) is 52.8. The molecule has 0 radical (unpaired) electrons. The van der Waals surface area contributed by atoms with Gasteiger partial charge in [0.15, 0.2) is 11.5 Å². The van der Waals surface area contributed by atoms with E-state index < -0.39 is 23.8 Å². The fourth-order valence-corrected chi connectivity index (χ4v) is 4.91. The van der Waals surface area contributed by atoms with E-state index in [1.807, 2.05) is 0 Å². The lowest BCUT2D eigenvalue weighted by molar-refractivity contribution is -0.135. The summed E-state index contributed by atoms with van der Waals surface area (Å²) in [5.74, 6) is 0.403. The van der Waals surface area contributed by atoms with Crippen LogP contribution in [0.2, 0.25) is 0 Å². The lowest BCUT2D eigenvalue weighted by Gasteiger charge is -2.34. The third-order valence-electron chi connectivity index (χ3n) is 6.81. The maximum absolute atomic E-state index is 13.9. The van der Waals surface area contributed by atoms with Gasteiger partial charge in [-0.15, -0.1) is 0 Å². The van der Waals surface area contributed by atoms with E-state index in [2.05, 4.69) is 5.32 Å². The fourth-order valence-electron chi connectivity index (χ4n) is 4.91. The van der Waals surface area contributed by atoms with Crippen molar-refractivity contribution in [3.63, 3.8) is 0 Å². The van der Waals surface area contributed by atoms with Gasteiger partial charge in [-0.1, -0.05) is 12.1 Å². The first kappa shape index (κ1) is 26.9. The number of hydrogen-bond donors (Lipinski definition) is 2. The molecule has 4 rings (SSSR count). The second-order valence-corrected chi connectivity index (χ2v) is 9.29. The summed E-state index contributed by atoms with van der Waals surface area (Å²) in [6, 6.07) is 9.98. The van der Waals surface area contributed by atoms with Crippen molar-refractivity contribution in [3.05, 3.63) is 68.4 Å². The van der Waals surface area contributed by atoms with Gasteiger partial charge in [-0.25, -0.2) is 4.79 Å². The van der Waals surface area contributed by atoms with Gasteiger partial charge in [0, 0.05) is 26.6 Å². The Morgan fingerprint density at radius 2 is 1.79 bits per heavy atom. The van der Waals surface area contributed by atoms with Gasteiger partial charge in [0.25, 0.3) is 5.56 Å². The van der Waals surface area contributed by atoms with Crippen molar-refractivity contribution in [1.82, 2.24) is 19.4 Å². The Labute approximate surface area is 219 Å². The molecule has 1 aliphatic rings. The molecule has 1 fully saturated rings. The van der Waals surface area contributed by atoms with E-state index in [0.717, 1.165) is 0 Å². The zero-order valence-electron chi connectivity index (χ0n) is 21.7. The monoisotopic (exact) mass is 524 g/mol. The van der Waals surface area contributed by atoms with Gasteiger partial charge >= 0.3 is 5.69 Å². The van der Waals surface area contributed by atoms with Crippen molar-refractivity contribution in [1.29, 1.82) is 0 Å². The van der Waals surface area contributed by atoms with Crippen LogP contribution in [0.1, 0.15) is 36.9 Å². The Balaban J connectivity index is 1.87. The average molecular weight is 525 g/mol. The predicted octanol–water partition coefficient (Wildman–Crippen LogP) is 1.02. The number of aliphatic hydroxyl groups excluding tert-OH is 1. The number of aliphatic hydroxyl groups is 1. The van der Waals surface area contributed by atoms with Crippen LogP contribution in [0.5, 0.6) is 11.5 Å². The second-order valence-electron chi connectivity index (χ2n) is 9.29. The molecular weight excluding hydrogens is 492 g/mol. The molecule has 2 N–H and O–H groups in total. The highest BCUT2D eigenvalue weighted by atomic mass is 16.5. The van der Waals surface area contributed by atoms with Crippen molar-refractivity contribution in [2.24, 2.45) is 0 Å². The van der Waals surface area contributed by atoms with Crippen LogP contribution in [-0.2, 0) is 22.7 Å². The molecule has 1 atom stereocenters. The number of carbonyl (C=O) groups is 2. The van der Waals surface area contributed by atoms with E-state index in [9.17, 15) is 24.3 Å². The maximum Gasteiger partial charge on any atom is 0.332 e. The molecule has 0 bridgehead atoms. The van der Waals surface area contributed by atoms with Gasteiger partial charge in [-0.05, 0) is 48.2 Å². The standard InChI is InChI=1S/C27H32N4O7/c1-17(33)28-13-18-6-8-22-21(11-18)26(35)30(14-19-7-9-23(37-2)24(12-19)38-3)27(36)31(22)20-5-4-10-29(15-20)25(34)16-32/h6-9,11-12,20,32H,4-5,10,13-16H2,1-3H3,(H,28,33). The minimum Gasteiger partial charge on any atom is -0.493 e. The Morgan fingerprint density at radius 3 is 2.47 bits per heavy atom. The number of benzene rings is 2. The van der Waals surface area contributed by atoms with Crippen LogP contribution in [0.4, 0.5) is 0 Å². The van der Waals surface area contributed by atoms with E-state index in [4.69, 9.17) is 9.47 Å². The Hall–Kier alpha value is -4.12. The molecule has 1 unspecified atom stereocenters. The summed E-state index contributed by atoms with van der Waals surface area (Å²) >= 11 is 0. The highest BCUT2D eigenvalue weighted by Gasteiger charge is 2.28. The van der Waals surface area contributed by atoms with Crippen LogP contribution in [0.25, 0.3) is 10.9 Å². The third kappa shape index (κ3) is 5.42. The van der Waals surface area contributed by atoms with Crippen molar-refractivity contribution >= 4 is 22.7 Å². The van der Waals surface area contributed by atoms with Crippen molar-refractivity contribution in [3.8, 4) is 11.5 Å². The zero-order valence-corrected chi connectivity index (χ0v) is 21.7. The number of carbonyl (C=O) groups excluding carboxylic acids is 2. The molecule has 0 spiro atoms. The second kappa shape index (κ2) is 11.5. The molecule has 11 nitrogen and oxygen atoms in total. The number of hydrogen-bond acceptors (Lipinski definition) is 7. The van der Waals surface area contributed by atoms with E-state index >= 15 is 0 Å². The molecular formula is C27H32N4O7. The van der Waals surface area contributed by atoms with E-state index in [1.165, 1.54) is 25.7 Å². The lowest BCUT2D eigenvalue weighted by Crippen LogP contribution is -2.47. The van der Waals surface area contributed by atoms with E-state index in [1.54, 1.807) is 45.9 Å². The summed E-state index contributed by atoms with van der Waals surface area (Å²) < 4.78 is 13.4. The molecule has 0 aliphatic carbocycles. The van der Waals surface area contributed by atoms with Gasteiger partial charge in [0.05, 0.1) is 37.7 Å². The van der Waals surface area contributed by atoms with Crippen LogP contribution in [0, 0.1) is 0 Å². The molecule has 1 aliphatic heterocycles. The summed E-state index contributed by atoms with van der Waals surface area (Å²) in [5.41, 5.74) is 0.893. The SMILES string of the molecule is COc1ccc(Cn2c(=O)c3cc(CNC(C)=O)ccc3n(C3CCCN(C(=O)CO)C3)c2=O)cc1OC. The number of aromatic nitrogens is 2. The number of piperidine rings is 1. The molecule has 0 saturated carbocycles. The number of nitrogens with zero attached hydrogens (tertiary/aromatic N) is 3. The molecule has 2 amide bonds. The van der Waals surface area contributed by atoms with E-state index in [0.29, 0.717) is 52.9 Å². The molecule has 1 aromatic heterocycles. The smallest absolute Gasteiger partial charge is 0.332 e. The fraction of sp³-hybridized carbons (Fsp3) is 0.407. The van der Waals surface area contributed by atoms with Crippen molar-refractivity contribution in [2.75, 3.05) is 33.9 Å². The van der Waals surface area contributed by atoms with Crippen LogP contribution in [0.3, 0.4) is 0 Å². The maximum atomic E-state index is 13.9. The molecule has 2 aromatic carbocycles. The summed E-state index contributed by atoms with van der Waals surface area (Å²) in [7, 11) is 3.04. The topological polar surface area (TPSA) is 132 Å². The zero-order chi connectivity index (χ0) is 27.4.